The van der Waals surface area contributed by atoms with E-state index in [-0.39, 0.29) is 11.3 Å². The Hall–Kier alpha value is -1.50. The van der Waals surface area contributed by atoms with Gasteiger partial charge in [-0.25, -0.2) is 0 Å². The number of benzene rings is 1. The van der Waals surface area contributed by atoms with E-state index >= 15 is 0 Å². The predicted octanol–water partition coefficient (Wildman–Crippen LogP) is 3.02. The number of hydrogen-bond donors (Lipinski definition) is 1. The SMILES string of the molecule is C[Si](C)(C)Oc1ccc(C(F)(F)F)cc1C(N)=O. The zero-order valence-electron chi connectivity index (χ0n) is 10.3. The fraction of sp³-hybridized carbons (Fsp3) is 0.364. The summed E-state index contributed by atoms with van der Waals surface area (Å²) >= 11 is 0. The van der Waals surface area contributed by atoms with Crippen LogP contribution in [0.15, 0.2) is 18.2 Å². The molecule has 0 heterocycles. The summed E-state index contributed by atoms with van der Waals surface area (Å²) in [4.78, 5) is 11.2. The van der Waals surface area contributed by atoms with Crippen molar-refractivity contribution in [3.8, 4) is 5.75 Å². The van der Waals surface area contributed by atoms with Crippen LogP contribution < -0.4 is 10.2 Å². The van der Waals surface area contributed by atoms with Crippen molar-refractivity contribution in [2.45, 2.75) is 25.8 Å². The Kier molecular flexibility index (Phi) is 3.75. The molecule has 0 saturated heterocycles. The van der Waals surface area contributed by atoms with Crippen LogP contribution in [0.5, 0.6) is 5.75 Å². The van der Waals surface area contributed by atoms with Gasteiger partial charge in [0.2, 0.25) is 8.32 Å². The number of amides is 1. The van der Waals surface area contributed by atoms with Crippen molar-refractivity contribution in [1.29, 1.82) is 0 Å². The van der Waals surface area contributed by atoms with E-state index in [0.717, 1.165) is 18.2 Å². The van der Waals surface area contributed by atoms with Gasteiger partial charge in [0.1, 0.15) is 5.75 Å². The maximum atomic E-state index is 12.5. The summed E-state index contributed by atoms with van der Waals surface area (Å²) in [6.45, 7) is 5.57. The summed E-state index contributed by atoms with van der Waals surface area (Å²) in [5, 5.41) is 0. The Balaban J connectivity index is 3.26. The van der Waals surface area contributed by atoms with Crippen molar-refractivity contribution >= 4 is 14.2 Å². The standard InChI is InChI=1S/C11H14F3NO2Si/c1-18(2,3)17-9-5-4-7(11(12,13)14)6-8(9)10(15)16/h4-6H,1-3H3,(H2,15,16). The van der Waals surface area contributed by atoms with Crippen LogP contribution in [0.2, 0.25) is 19.6 Å². The van der Waals surface area contributed by atoms with Crippen molar-refractivity contribution in [3.63, 3.8) is 0 Å². The summed E-state index contributed by atoms with van der Waals surface area (Å²) in [5.74, 6) is -0.830. The van der Waals surface area contributed by atoms with Gasteiger partial charge in [0.25, 0.3) is 5.91 Å². The quantitative estimate of drug-likeness (QED) is 0.863. The van der Waals surface area contributed by atoms with Crippen molar-refractivity contribution in [2.75, 3.05) is 0 Å². The number of hydrogen-bond acceptors (Lipinski definition) is 2. The molecule has 0 bridgehead atoms. The Morgan fingerprint density at radius 2 is 1.83 bits per heavy atom. The molecule has 100 valence electrons. The molecular weight excluding hydrogens is 263 g/mol. The summed E-state index contributed by atoms with van der Waals surface area (Å²) in [6.07, 6.45) is -4.51. The summed E-state index contributed by atoms with van der Waals surface area (Å²) in [5.41, 5.74) is 3.91. The minimum absolute atomic E-state index is 0.106. The molecule has 1 amide bonds. The van der Waals surface area contributed by atoms with E-state index in [2.05, 4.69) is 0 Å². The third kappa shape index (κ3) is 3.76. The zero-order valence-corrected chi connectivity index (χ0v) is 11.3. The summed E-state index contributed by atoms with van der Waals surface area (Å²) < 4.78 is 43.1. The van der Waals surface area contributed by atoms with Crippen molar-refractivity contribution in [2.24, 2.45) is 5.73 Å². The number of rotatable bonds is 3. The first kappa shape index (κ1) is 14.6. The molecule has 1 rings (SSSR count). The van der Waals surface area contributed by atoms with Crippen LogP contribution in [0.25, 0.3) is 0 Å². The van der Waals surface area contributed by atoms with Gasteiger partial charge in [-0.2, -0.15) is 13.2 Å². The lowest BCUT2D eigenvalue weighted by molar-refractivity contribution is -0.137. The highest BCUT2D eigenvalue weighted by Gasteiger charge is 2.32. The number of nitrogens with two attached hydrogens (primary N) is 1. The average molecular weight is 277 g/mol. The van der Waals surface area contributed by atoms with Crippen LogP contribution in [0, 0.1) is 0 Å². The molecule has 0 spiro atoms. The second-order valence-electron chi connectivity index (χ2n) is 4.79. The van der Waals surface area contributed by atoms with E-state index in [9.17, 15) is 18.0 Å². The minimum atomic E-state index is -4.51. The first-order chi connectivity index (χ1) is 8.00. The Labute approximate surface area is 104 Å². The topological polar surface area (TPSA) is 52.3 Å². The highest BCUT2D eigenvalue weighted by Crippen LogP contribution is 2.33. The summed E-state index contributed by atoms with van der Waals surface area (Å²) in [7, 11) is -2.03. The fourth-order valence-corrected chi connectivity index (χ4v) is 2.16. The lowest BCUT2D eigenvalue weighted by Crippen LogP contribution is -2.30. The average Bonchev–Trinajstić information content (AvgIpc) is 2.13. The van der Waals surface area contributed by atoms with E-state index in [1.54, 1.807) is 0 Å². The van der Waals surface area contributed by atoms with Crippen LogP contribution >= 0.6 is 0 Å². The normalized spacial score (nSPS) is 12.3. The Morgan fingerprint density at radius 3 is 2.22 bits per heavy atom. The summed E-state index contributed by atoms with van der Waals surface area (Å²) in [6, 6.07) is 2.74. The van der Waals surface area contributed by atoms with Gasteiger partial charge in [0.15, 0.2) is 0 Å². The second-order valence-corrected chi connectivity index (χ2v) is 9.22. The van der Waals surface area contributed by atoms with E-state index in [1.807, 2.05) is 19.6 Å². The van der Waals surface area contributed by atoms with Crippen molar-refractivity contribution in [3.05, 3.63) is 29.3 Å². The molecule has 0 saturated carbocycles. The van der Waals surface area contributed by atoms with E-state index in [1.165, 1.54) is 0 Å². The lowest BCUT2D eigenvalue weighted by Gasteiger charge is -2.21. The molecule has 2 N–H and O–H groups in total. The maximum Gasteiger partial charge on any atom is 0.416 e. The number of halogens is 3. The fourth-order valence-electron chi connectivity index (χ4n) is 1.32. The van der Waals surface area contributed by atoms with E-state index < -0.39 is 26.0 Å². The smallest absolute Gasteiger partial charge is 0.416 e. The molecule has 0 aliphatic carbocycles. The molecule has 0 fully saturated rings. The van der Waals surface area contributed by atoms with Crippen LogP contribution in [-0.2, 0) is 6.18 Å². The lowest BCUT2D eigenvalue weighted by atomic mass is 10.1. The van der Waals surface area contributed by atoms with Gasteiger partial charge < -0.3 is 10.2 Å². The molecule has 0 radical (unpaired) electrons. The Morgan fingerprint density at radius 1 is 1.28 bits per heavy atom. The van der Waals surface area contributed by atoms with Crippen molar-refractivity contribution < 1.29 is 22.4 Å². The zero-order chi connectivity index (χ0) is 14.1. The van der Waals surface area contributed by atoms with Crippen LogP contribution in [0.1, 0.15) is 15.9 Å². The molecule has 0 atom stereocenters. The molecule has 0 unspecified atom stereocenters. The second kappa shape index (κ2) is 4.64. The van der Waals surface area contributed by atoms with Gasteiger partial charge >= 0.3 is 6.18 Å². The van der Waals surface area contributed by atoms with Crippen LogP contribution in [-0.4, -0.2) is 14.2 Å². The predicted molar refractivity (Wildman–Crippen MR) is 63.9 cm³/mol. The molecular formula is C11H14F3NO2Si. The maximum absolute atomic E-state index is 12.5. The monoisotopic (exact) mass is 277 g/mol. The van der Waals surface area contributed by atoms with Crippen LogP contribution in [0.3, 0.4) is 0 Å². The molecule has 18 heavy (non-hydrogen) atoms. The highest BCUT2D eigenvalue weighted by atomic mass is 28.4. The van der Waals surface area contributed by atoms with E-state index in [0.29, 0.717) is 0 Å². The first-order valence-corrected chi connectivity index (χ1v) is 8.61. The van der Waals surface area contributed by atoms with Gasteiger partial charge in [-0.15, -0.1) is 0 Å². The third-order valence-corrected chi connectivity index (χ3v) is 2.82. The van der Waals surface area contributed by atoms with E-state index in [4.69, 9.17) is 10.2 Å². The number of carbonyl (C=O) groups excluding carboxylic acids is 1. The van der Waals surface area contributed by atoms with Crippen LogP contribution in [0.4, 0.5) is 13.2 Å². The molecule has 0 aliphatic heterocycles. The molecule has 1 aromatic carbocycles. The number of carbonyl (C=O) groups is 1. The molecule has 0 aromatic heterocycles. The third-order valence-electron chi connectivity index (χ3n) is 1.99. The van der Waals surface area contributed by atoms with Gasteiger partial charge in [-0.3, -0.25) is 4.79 Å². The number of primary amides is 1. The molecule has 1 aromatic rings. The molecule has 0 aliphatic rings. The van der Waals surface area contributed by atoms with Gasteiger partial charge in [-0.1, -0.05) is 0 Å². The highest BCUT2D eigenvalue weighted by molar-refractivity contribution is 6.70. The molecule has 3 nitrogen and oxygen atoms in total. The number of alkyl halides is 3. The van der Waals surface area contributed by atoms with Gasteiger partial charge in [0.05, 0.1) is 11.1 Å². The minimum Gasteiger partial charge on any atom is -0.544 e. The van der Waals surface area contributed by atoms with Gasteiger partial charge in [0, 0.05) is 0 Å². The molecule has 7 heteroatoms. The Bertz CT molecular complexity index is 466. The first-order valence-electron chi connectivity index (χ1n) is 5.21. The van der Waals surface area contributed by atoms with Gasteiger partial charge in [-0.05, 0) is 37.8 Å². The largest absolute Gasteiger partial charge is 0.544 e. The van der Waals surface area contributed by atoms with Crippen molar-refractivity contribution in [1.82, 2.24) is 0 Å².